The summed E-state index contributed by atoms with van der Waals surface area (Å²) < 4.78 is 17.1. The molecule has 8 aromatic carbocycles. The minimum Gasteiger partial charge on any atom is -0.399 e. The molecule has 7 heterocycles. The standard InChI is InChI=1S/C31H20N6.C27H26BN3O2.C11H7BrN2.CH3/c1-3-11-22(12-4-1)27-32-28(23-13-5-2-6-14-23)34-29(33-27)24-15-9-16-25(20-24)30-35-31-26-17-8-7-10-21(26)18-19-37(31)36-30;1-26(2)27(3,4)33-28(32-26)22-17-11-16-21(18-22)25-30-23(19-12-7-5-8-13-19)29-24(31-25)20-14-9-6-10-15-20;12-11-7-10-9-4-2-1-3-8(9)5-6-14(10)13-11;/h1-20H;5-18H,1-4H3;1-7H;1H3/q;;;-1. The van der Waals surface area contributed by atoms with Crippen LogP contribution in [0, 0.1) is 7.43 Å². The molecule has 1 aliphatic heterocycles. The highest BCUT2D eigenvalue weighted by atomic mass is 79.9. The average molecular weight is 1170 g/mol. The molecule has 0 aliphatic carbocycles. The largest absolute Gasteiger partial charge is 0.494 e. The van der Waals surface area contributed by atoms with E-state index in [0.29, 0.717) is 40.8 Å². The van der Waals surface area contributed by atoms with Crippen molar-refractivity contribution in [3.05, 3.63) is 261 Å². The zero-order chi connectivity index (χ0) is 57.2. The van der Waals surface area contributed by atoms with E-state index in [0.717, 1.165) is 70.9 Å². The number of hydrogen-bond acceptors (Lipinski definition) is 11. The molecule has 1 fully saturated rings. The van der Waals surface area contributed by atoms with Crippen LogP contribution in [0.1, 0.15) is 27.7 Å². The van der Waals surface area contributed by atoms with E-state index in [1.807, 2.05) is 222 Å². The summed E-state index contributed by atoms with van der Waals surface area (Å²) in [5.41, 5.74) is 8.53. The molecule has 0 saturated carbocycles. The monoisotopic (exact) mass is 1170 g/mol. The Morgan fingerprint density at radius 2 is 0.729 bits per heavy atom. The van der Waals surface area contributed by atoms with Crippen molar-refractivity contribution in [3.8, 4) is 79.7 Å². The molecule has 14 aromatic rings. The fourth-order valence-corrected chi connectivity index (χ4v) is 10.3. The lowest BCUT2D eigenvalue weighted by atomic mass is 9.78. The van der Waals surface area contributed by atoms with Gasteiger partial charge in [-0.2, -0.15) is 5.10 Å². The second kappa shape index (κ2) is 23.7. The van der Waals surface area contributed by atoms with Crippen LogP contribution in [-0.2, 0) is 9.31 Å². The molecule has 0 N–H and O–H groups in total. The van der Waals surface area contributed by atoms with E-state index in [9.17, 15) is 0 Å². The van der Waals surface area contributed by atoms with Crippen LogP contribution in [0.5, 0.6) is 0 Å². The van der Waals surface area contributed by atoms with E-state index in [2.05, 4.69) is 85.1 Å². The molecule has 1 saturated heterocycles. The summed E-state index contributed by atoms with van der Waals surface area (Å²) in [6.45, 7) is 8.23. The number of fused-ring (bicyclic) bond motifs is 6. The van der Waals surface area contributed by atoms with Crippen LogP contribution in [0.4, 0.5) is 0 Å². The number of halogens is 1. The van der Waals surface area contributed by atoms with Crippen molar-refractivity contribution in [1.29, 1.82) is 0 Å². The summed E-state index contributed by atoms with van der Waals surface area (Å²) in [7, 11) is -0.445. The van der Waals surface area contributed by atoms with Gasteiger partial charge < -0.3 is 16.7 Å². The third kappa shape index (κ3) is 11.7. The molecule has 0 bridgehead atoms. The first kappa shape index (κ1) is 55.6. The number of pyridine rings is 2. The van der Waals surface area contributed by atoms with Crippen LogP contribution < -0.4 is 5.46 Å². The van der Waals surface area contributed by atoms with Crippen molar-refractivity contribution in [2.45, 2.75) is 38.9 Å². The maximum atomic E-state index is 6.25. The lowest BCUT2D eigenvalue weighted by Gasteiger charge is -2.32. The zero-order valence-corrected chi connectivity index (χ0v) is 48.9. The van der Waals surface area contributed by atoms with Crippen molar-refractivity contribution in [3.63, 3.8) is 0 Å². The maximum Gasteiger partial charge on any atom is 0.494 e. The van der Waals surface area contributed by atoms with Gasteiger partial charge in [-0.15, -0.1) is 5.10 Å². The van der Waals surface area contributed by atoms with Crippen LogP contribution in [0.3, 0.4) is 0 Å². The molecule has 0 atom stereocenters. The highest BCUT2D eigenvalue weighted by molar-refractivity contribution is 9.10. The second-order valence-corrected chi connectivity index (χ2v) is 22.0. The summed E-state index contributed by atoms with van der Waals surface area (Å²) >= 11 is 3.38. The summed E-state index contributed by atoms with van der Waals surface area (Å²) in [4.78, 5) is 33.8. The Morgan fingerprint density at radius 1 is 0.353 bits per heavy atom. The molecule has 6 aromatic heterocycles. The third-order valence-electron chi connectivity index (χ3n) is 15.0. The van der Waals surface area contributed by atoms with Crippen LogP contribution >= 0.6 is 15.9 Å². The van der Waals surface area contributed by atoms with Gasteiger partial charge in [0, 0.05) is 62.1 Å². The highest BCUT2D eigenvalue weighted by Crippen LogP contribution is 2.37. The predicted molar refractivity (Wildman–Crippen MR) is 344 cm³/mol. The third-order valence-corrected chi connectivity index (χ3v) is 15.4. The number of nitrogens with zero attached hydrogens (tertiary/aromatic N) is 11. The van der Waals surface area contributed by atoms with Gasteiger partial charge in [-0.1, -0.05) is 212 Å². The first-order valence-electron chi connectivity index (χ1n) is 27.6. The Bertz CT molecular complexity index is 4530. The lowest BCUT2D eigenvalue weighted by molar-refractivity contribution is 0.00578. The van der Waals surface area contributed by atoms with Gasteiger partial charge in [0.15, 0.2) is 46.4 Å². The molecule has 0 radical (unpaired) electrons. The SMILES string of the molecule is Brc1cc2c3ccccc3ccn2n1.CC1(C)OB(c2cccc(-c3nc(-c4ccccc4)nc(-c4ccccc4)n3)c2)OC1(C)C.[CH3-].c1ccc(-c2nc(-c3ccccc3)nc(-c3cccc(-c4nc5c6ccccc6ccn5n4)c3)n2)cc1. The van der Waals surface area contributed by atoms with Gasteiger partial charge in [-0.25, -0.2) is 43.9 Å². The van der Waals surface area contributed by atoms with E-state index in [-0.39, 0.29) is 7.43 Å². The molecule has 15 rings (SSSR count). The van der Waals surface area contributed by atoms with Gasteiger partial charge in [0.2, 0.25) is 0 Å². The number of benzene rings is 8. The Morgan fingerprint density at radius 3 is 1.22 bits per heavy atom. The normalized spacial score (nSPS) is 13.2. The zero-order valence-electron chi connectivity index (χ0n) is 47.4. The van der Waals surface area contributed by atoms with E-state index < -0.39 is 18.3 Å². The Hall–Kier alpha value is -9.93. The second-order valence-electron chi connectivity index (χ2n) is 21.2. The predicted octanol–water partition coefficient (Wildman–Crippen LogP) is 15.6. The molecule has 1 aliphatic rings. The highest BCUT2D eigenvalue weighted by Gasteiger charge is 2.51. The smallest absolute Gasteiger partial charge is 0.399 e. The van der Waals surface area contributed by atoms with Crippen molar-refractivity contribution in [2.24, 2.45) is 0 Å². The summed E-state index contributed by atoms with van der Waals surface area (Å²) in [6.07, 6.45) is 3.92. The molecule has 15 heteroatoms. The number of hydrogen-bond donors (Lipinski definition) is 0. The lowest BCUT2D eigenvalue weighted by Crippen LogP contribution is -2.41. The fraction of sp³-hybridized carbons (Fsp3) is 0.0857. The Labute approximate surface area is 501 Å². The van der Waals surface area contributed by atoms with Crippen LogP contribution in [0.15, 0.2) is 254 Å². The molecule has 414 valence electrons. The van der Waals surface area contributed by atoms with E-state index in [1.54, 1.807) is 0 Å². The summed E-state index contributed by atoms with van der Waals surface area (Å²) in [5.74, 6) is 4.41. The summed E-state index contributed by atoms with van der Waals surface area (Å²) in [6, 6.07) is 78.7. The van der Waals surface area contributed by atoms with Crippen LogP contribution in [0.2, 0.25) is 0 Å². The van der Waals surface area contributed by atoms with Gasteiger partial charge in [0.05, 0.1) is 16.7 Å². The van der Waals surface area contributed by atoms with Gasteiger partial charge in [0.25, 0.3) is 0 Å². The molecule has 0 unspecified atom stereocenters. The van der Waals surface area contributed by atoms with Crippen LogP contribution in [-0.4, -0.2) is 72.4 Å². The molecular weight excluding hydrogens is 1120 g/mol. The Balaban J connectivity index is 0.000000135. The topological polar surface area (TPSA) is 143 Å². The summed E-state index contributed by atoms with van der Waals surface area (Å²) in [5, 5.41) is 13.7. The van der Waals surface area contributed by atoms with Gasteiger partial charge in [-0.05, 0) is 84.1 Å². The number of aromatic nitrogens is 11. The van der Waals surface area contributed by atoms with E-state index in [1.165, 1.54) is 10.8 Å². The van der Waals surface area contributed by atoms with E-state index >= 15 is 0 Å². The van der Waals surface area contributed by atoms with Gasteiger partial charge >= 0.3 is 7.12 Å². The molecule has 0 amide bonds. The minimum atomic E-state index is -0.445. The van der Waals surface area contributed by atoms with Crippen LogP contribution in [0.25, 0.3) is 112 Å². The van der Waals surface area contributed by atoms with E-state index in [4.69, 9.17) is 49.3 Å². The fourth-order valence-electron chi connectivity index (χ4n) is 9.91. The van der Waals surface area contributed by atoms with Crippen molar-refractivity contribution in [1.82, 2.24) is 54.1 Å². The Kier molecular flexibility index (Phi) is 15.5. The quantitative estimate of drug-likeness (QED) is 0.106. The maximum absolute atomic E-state index is 6.25. The van der Waals surface area contributed by atoms with Crippen molar-refractivity contribution >= 4 is 61.2 Å². The van der Waals surface area contributed by atoms with Gasteiger partial charge in [-0.3, -0.25) is 0 Å². The molecule has 85 heavy (non-hydrogen) atoms. The number of rotatable bonds is 8. The first-order chi connectivity index (χ1) is 41.0. The van der Waals surface area contributed by atoms with Crippen molar-refractivity contribution < 1.29 is 9.31 Å². The minimum absolute atomic E-state index is 0. The first-order valence-corrected chi connectivity index (χ1v) is 28.4. The molecule has 0 spiro atoms. The van der Waals surface area contributed by atoms with Gasteiger partial charge in [0.1, 0.15) is 4.60 Å². The molecular formula is C70H56BBrN11O2-. The molecule has 13 nitrogen and oxygen atoms in total. The average Bonchev–Trinajstić information content (AvgIpc) is 4.44. The van der Waals surface area contributed by atoms with Crippen molar-refractivity contribution in [2.75, 3.05) is 0 Å².